The fourth-order valence-corrected chi connectivity index (χ4v) is 4.96. The fourth-order valence-electron chi connectivity index (χ4n) is 4.60. The van der Waals surface area contributed by atoms with Crippen LogP contribution in [0.1, 0.15) is 11.1 Å². The van der Waals surface area contributed by atoms with Gasteiger partial charge in [0.25, 0.3) is 5.56 Å². The fraction of sp³-hybridized carbons (Fsp3) is 0.0714. The molecule has 0 aliphatic heterocycles. The molecule has 0 spiro atoms. The molecule has 0 aliphatic carbocycles. The zero-order valence-corrected chi connectivity index (χ0v) is 19.8. The maximum Gasteiger partial charge on any atom is 0.275 e. The van der Waals surface area contributed by atoms with Gasteiger partial charge in [0.05, 0.1) is 11.0 Å². The van der Waals surface area contributed by atoms with Crippen LogP contribution in [-0.4, -0.2) is 14.5 Å². The number of benzene rings is 4. The lowest BCUT2D eigenvalue weighted by atomic mass is 10.1. The van der Waals surface area contributed by atoms with Gasteiger partial charge >= 0.3 is 0 Å². The molecule has 34 heavy (non-hydrogen) atoms. The Kier molecular flexibility index (Phi) is 5.05. The lowest BCUT2D eigenvalue weighted by Crippen LogP contribution is -2.11. The van der Waals surface area contributed by atoms with Crippen molar-refractivity contribution in [2.24, 2.45) is 5.73 Å². The van der Waals surface area contributed by atoms with E-state index in [9.17, 15) is 4.79 Å². The van der Waals surface area contributed by atoms with Crippen LogP contribution in [0, 0.1) is 0 Å². The highest BCUT2D eigenvalue weighted by Gasteiger charge is 2.16. The van der Waals surface area contributed by atoms with Crippen molar-refractivity contribution >= 4 is 48.6 Å². The van der Waals surface area contributed by atoms with E-state index in [2.05, 4.69) is 49.7 Å². The van der Waals surface area contributed by atoms with Gasteiger partial charge in [-0.2, -0.15) is 0 Å². The lowest BCUT2D eigenvalue weighted by Gasteiger charge is -2.07. The van der Waals surface area contributed by atoms with Gasteiger partial charge in [-0.15, -0.1) is 0 Å². The molecule has 2 aromatic heterocycles. The van der Waals surface area contributed by atoms with E-state index in [1.807, 2.05) is 60.8 Å². The van der Waals surface area contributed by atoms with Gasteiger partial charge in [-0.25, -0.2) is 4.98 Å². The van der Waals surface area contributed by atoms with Gasteiger partial charge in [0.15, 0.2) is 0 Å². The maximum atomic E-state index is 13.2. The van der Waals surface area contributed by atoms with Gasteiger partial charge in [-0.05, 0) is 52.2 Å². The van der Waals surface area contributed by atoms with E-state index < -0.39 is 0 Å². The summed E-state index contributed by atoms with van der Waals surface area (Å²) in [5.41, 5.74) is 11.6. The van der Waals surface area contributed by atoms with Crippen LogP contribution in [0.2, 0.25) is 0 Å². The Morgan fingerprint density at radius 3 is 2.53 bits per heavy atom. The van der Waals surface area contributed by atoms with Crippen molar-refractivity contribution in [1.29, 1.82) is 0 Å². The van der Waals surface area contributed by atoms with Gasteiger partial charge in [0.1, 0.15) is 5.69 Å². The summed E-state index contributed by atoms with van der Waals surface area (Å²) < 4.78 is 3.12. The third-order valence-electron chi connectivity index (χ3n) is 6.24. The summed E-state index contributed by atoms with van der Waals surface area (Å²) in [6, 6.07) is 26.5. The van der Waals surface area contributed by atoms with Gasteiger partial charge in [-0.1, -0.05) is 64.5 Å². The molecular formula is C28H21BrN4O. The molecule has 4 aromatic carbocycles. The van der Waals surface area contributed by atoms with Crippen LogP contribution in [0.5, 0.6) is 0 Å². The molecule has 0 radical (unpaired) electrons. The Balaban J connectivity index is 1.55. The molecule has 6 aromatic rings. The summed E-state index contributed by atoms with van der Waals surface area (Å²) in [6.07, 6.45) is 2.02. The van der Waals surface area contributed by atoms with E-state index in [1.54, 1.807) is 0 Å². The molecule has 0 amide bonds. The minimum atomic E-state index is -0.202. The van der Waals surface area contributed by atoms with Crippen LogP contribution in [0.3, 0.4) is 0 Å². The Morgan fingerprint density at radius 2 is 1.71 bits per heavy atom. The molecule has 0 saturated carbocycles. The predicted octanol–water partition coefficient (Wildman–Crippen LogP) is 5.97. The number of aromatic nitrogens is 3. The third-order valence-corrected chi connectivity index (χ3v) is 6.73. The number of halogens is 1. The van der Waals surface area contributed by atoms with E-state index in [-0.39, 0.29) is 5.56 Å². The molecule has 0 unspecified atom stereocenters. The number of aromatic amines is 1. The number of nitrogens with two attached hydrogens (primary N) is 1. The Labute approximate surface area is 204 Å². The smallest absolute Gasteiger partial charge is 0.275 e. The largest absolute Gasteiger partial charge is 0.342 e. The number of fused-ring (bicyclic) bond motifs is 3. The number of nitrogens with zero attached hydrogens (tertiary/aromatic N) is 2. The monoisotopic (exact) mass is 508 g/mol. The van der Waals surface area contributed by atoms with Crippen molar-refractivity contribution < 1.29 is 0 Å². The van der Waals surface area contributed by atoms with E-state index in [1.165, 1.54) is 0 Å². The number of hydrogen-bond donors (Lipinski definition) is 2. The van der Waals surface area contributed by atoms with Crippen molar-refractivity contribution in [2.75, 3.05) is 0 Å². The number of hydrogen-bond acceptors (Lipinski definition) is 3. The van der Waals surface area contributed by atoms with Gasteiger partial charge in [-0.3, -0.25) is 4.79 Å². The normalized spacial score (nSPS) is 11.6. The minimum Gasteiger partial charge on any atom is -0.342 e. The van der Waals surface area contributed by atoms with Crippen LogP contribution in [0.15, 0.2) is 94.3 Å². The average molecular weight is 509 g/mol. The first-order valence-corrected chi connectivity index (χ1v) is 11.9. The van der Waals surface area contributed by atoms with Crippen molar-refractivity contribution in [3.05, 3.63) is 111 Å². The van der Waals surface area contributed by atoms with Crippen LogP contribution in [-0.2, 0) is 13.1 Å². The quantitative estimate of drug-likeness (QED) is 0.288. The van der Waals surface area contributed by atoms with Gasteiger partial charge < -0.3 is 15.3 Å². The third kappa shape index (κ3) is 3.61. The van der Waals surface area contributed by atoms with Crippen molar-refractivity contribution in [3.8, 4) is 11.3 Å². The summed E-state index contributed by atoms with van der Waals surface area (Å²) >= 11 is 3.59. The summed E-state index contributed by atoms with van der Waals surface area (Å²) in [6.45, 7) is 1.17. The number of nitrogens with one attached hydrogen (secondary N) is 1. The topological polar surface area (TPSA) is 76.7 Å². The Bertz CT molecular complexity index is 1770. The molecule has 2 heterocycles. The molecule has 6 heteroatoms. The second-order valence-electron chi connectivity index (χ2n) is 8.49. The zero-order valence-electron chi connectivity index (χ0n) is 18.3. The highest BCUT2D eigenvalue weighted by molar-refractivity contribution is 9.10. The summed E-state index contributed by atoms with van der Waals surface area (Å²) in [4.78, 5) is 21.1. The maximum absolute atomic E-state index is 13.2. The molecule has 0 saturated heterocycles. The standard InChI is InChI=1S/C28H21BrN4O/c29-21-8-9-26-22(13-21)23(16-33(26)15-18-5-3-4-17(10-18)14-30)27-28(34)32-25-12-20-7-2-1-6-19(20)11-24(25)31-27/h1-13,16H,14-15,30H2,(H,32,34). The predicted molar refractivity (Wildman–Crippen MR) is 142 cm³/mol. The number of H-pyrrole nitrogens is 1. The van der Waals surface area contributed by atoms with E-state index in [0.717, 1.165) is 53.9 Å². The first-order chi connectivity index (χ1) is 16.6. The second kappa shape index (κ2) is 8.24. The van der Waals surface area contributed by atoms with Crippen molar-refractivity contribution in [1.82, 2.24) is 14.5 Å². The summed E-state index contributed by atoms with van der Waals surface area (Å²) in [5.74, 6) is 0. The van der Waals surface area contributed by atoms with Crippen LogP contribution in [0.25, 0.3) is 44.0 Å². The zero-order chi connectivity index (χ0) is 23.2. The molecule has 0 bridgehead atoms. The summed E-state index contributed by atoms with van der Waals surface area (Å²) in [7, 11) is 0. The SMILES string of the molecule is NCc1cccc(Cn2cc(-c3nc4cc5ccccc5cc4[nH]c3=O)c3cc(Br)ccc32)c1. The van der Waals surface area contributed by atoms with Gasteiger partial charge in [0, 0.05) is 40.2 Å². The summed E-state index contributed by atoms with van der Waals surface area (Å²) in [5, 5.41) is 3.13. The van der Waals surface area contributed by atoms with E-state index in [4.69, 9.17) is 10.7 Å². The molecule has 6 rings (SSSR count). The molecule has 0 aliphatic rings. The average Bonchev–Trinajstić information content (AvgIpc) is 3.19. The Morgan fingerprint density at radius 1 is 0.912 bits per heavy atom. The van der Waals surface area contributed by atoms with Crippen LogP contribution < -0.4 is 11.3 Å². The minimum absolute atomic E-state index is 0.202. The molecule has 0 atom stereocenters. The van der Waals surface area contributed by atoms with Gasteiger partial charge in [0.2, 0.25) is 0 Å². The highest BCUT2D eigenvalue weighted by Crippen LogP contribution is 2.32. The lowest BCUT2D eigenvalue weighted by molar-refractivity contribution is 0.834. The van der Waals surface area contributed by atoms with E-state index >= 15 is 0 Å². The Hall–Kier alpha value is -3.74. The highest BCUT2D eigenvalue weighted by atomic mass is 79.9. The van der Waals surface area contributed by atoms with E-state index in [0.29, 0.717) is 18.8 Å². The second-order valence-corrected chi connectivity index (χ2v) is 9.40. The first kappa shape index (κ1) is 20.8. The van der Waals surface area contributed by atoms with Crippen molar-refractivity contribution in [3.63, 3.8) is 0 Å². The molecule has 3 N–H and O–H groups in total. The molecule has 0 fully saturated rings. The molecular weight excluding hydrogens is 488 g/mol. The first-order valence-electron chi connectivity index (χ1n) is 11.1. The van der Waals surface area contributed by atoms with Crippen molar-refractivity contribution in [2.45, 2.75) is 13.1 Å². The number of rotatable bonds is 4. The molecule has 166 valence electrons. The molecule has 5 nitrogen and oxygen atoms in total. The van der Waals surface area contributed by atoms with Crippen LogP contribution >= 0.6 is 15.9 Å². The van der Waals surface area contributed by atoms with Crippen LogP contribution in [0.4, 0.5) is 0 Å².